The van der Waals surface area contributed by atoms with E-state index in [1.54, 1.807) is 0 Å². The molecule has 0 saturated heterocycles. The van der Waals surface area contributed by atoms with Gasteiger partial charge in [-0.1, -0.05) is 90.7 Å². The summed E-state index contributed by atoms with van der Waals surface area (Å²) in [5.41, 5.74) is 10.9. The van der Waals surface area contributed by atoms with Gasteiger partial charge in [-0.25, -0.2) is 4.68 Å². The lowest BCUT2D eigenvalue weighted by Gasteiger charge is -2.25. The van der Waals surface area contributed by atoms with Crippen molar-refractivity contribution >= 4 is 34.1 Å². The number of fused-ring (bicyclic) bond motifs is 2. The summed E-state index contributed by atoms with van der Waals surface area (Å²) in [6, 6.07) is 23.1. The summed E-state index contributed by atoms with van der Waals surface area (Å²) < 4.78 is 1.95. The van der Waals surface area contributed by atoms with Gasteiger partial charge in [0, 0.05) is 11.6 Å². The minimum atomic E-state index is 0.138. The first-order valence-electron chi connectivity index (χ1n) is 12.5. The van der Waals surface area contributed by atoms with E-state index in [4.69, 9.17) is 4.99 Å². The van der Waals surface area contributed by atoms with E-state index >= 15 is 0 Å². The average molecular weight is 469 g/mol. The Bertz CT molecular complexity index is 1580. The number of aromatic nitrogens is 3. The fourth-order valence-electron chi connectivity index (χ4n) is 5.23. The molecule has 4 aromatic rings. The second-order valence-electron chi connectivity index (χ2n) is 9.40. The Balaban J connectivity index is 1.33. The van der Waals surface area contributed by atoms with Crippen LogP contribution in [0.15, 0.2) is 103 Å². The molecule has 0 spiro atoms. The number of rotatable bonds is 5. The van der Waals surface area contributed by atoms with Crippen molar-refractivity contribution in [3.63, 3.8) is 0 Å². The highest BCUT2D eigenvalue weighted by Gasteiger charge is 2.25. The van der Waals surface area contributed by atoms with E-state index in [9.17, 15) is 0 Å². The van der Waals surface area contributed by atoms with Crippen LogP contribution in [0.1, 0.15) is 54.4 Å². The predicted molar refractivity (Wildman–Crippen MR) is 150 cm³/mol. The third-order valence-electron chi connectivity index (χ3n) is 7.13. The number of allylic oxidation sites excluding steroid dienone is 5. The number of hydrogen-bond acceptors (Lipinski definition) is 3. The zero-order valence-corrected chi connectivity index (χ0v) is 20.4. The molecule has 1 heterocycles. The van der Waals surface area contributed by atoms with Crippen molar-refractivity contribution in [2.24, 2.45) is 4.99 Å². The van der Waals surface area contributed by atoms with Crippen LogP contribution >= 0.6 is 0 Å². The van der Waals surface area contributed by atoms with Crippen LogP contribution in [0.3, 0.4) is 0 Å². The molecule has 0 amide bonds. The van der Waals surface area contributed by atoms with Gasteiger partial charge in [0.25, 0.3) is 0 Å². The maximum atomic E-state index is 5.01. The van der Waals surface area contributed by atoms with Crippen molar-refractivity contribution in [1.29, 1.82) is 0 Å². The van der Waals surface area contributed by atoms with Crippen LogP contribution in [0.5, 0.6) is 0 Å². The molecule has 0 radical (unpaired) electrons. The summed E-state index contributed by atoms with van der Waals surface area (Å²) >= 11 is 0. The number of hydrogen-bond donors (Lipinski definition) is 0. The Labute approximate surface area is 211 Å². The van der Waals surface area contributed by atoms with Crippen LogP contribution in [0.25, 0.3) is 34.1 Å². The van der Waals surface area contributed by atoms with E-state index in [2.05, 4.69) is 103 Å². The molecular weight excluding hydrogens is 440 g/mol. The Morgan fingerprint density at radius 3 is 2.69 bits per heavy atom. The van der Waals surface area contributed by atoms with Gasteiger partial charge >= 0.3 is 0 Å². The molecule has 0 fully saturated rings. The van der Waals surface area contributed by atoms with E-state index in [1.165, 1.54) is 22.3 Å². The van der Waals surface area contributed by atoms with Crippen LogP contribution in [-0.4, -0.2) is 20.7 Å². The lowest BCUT2D eigenvalue weighted by atomic mass is 9.83. The molecule has 2 aliphatic rings. The summed E-state index contributed by atoms with van der Waals surface area (Å²) in [6.07, 6.45) is 14.1. The monoisotopic (exact) mass is 468 g/mol. The average Bonchev–Trinajstić information content (AvgIpc) is 3.37. The summed E-state index contributed by atoms with van der Waals surface area (Å²) in [6.45, 7) is 6.43. The molecular formula is C32H28N4. The van der Waals surface area contributed by atoms with Crippen molar-refractivity contribution in [2.75, 3.05) is 0 Å². The molecule has 36 heavy (non-hydrogen) atoms. The smallest absolute Gasteiger partial charge is 0.113 e. The topological polar surface area (TPSA) is 43.1 Å². The van der Waals surface area contributed by atoms with Gasteiger partial charge < -0.3 is 0 Å². The normalized spacial score (nSPS) is 17.2. The Morgan fingerprint density at radius 2 is 1.86 bits per heavy atom. The second kappa shape index (κ2) is 9.38. The predicted octanol–water partition coefficient (Wildman–Crippen LogP) is 7.79. The number of aliphatic imine (C=N–C) groups is 1. The fourth-order valence-corrected chi connectivity index (χ4v) is 5.23. The van der Waals surface area contributed by atoms with Crippen molar-refractivity contribution < 1.29 is 0 Å². The van der Waals surface area contributed by atoms with Gasteiger partial charge in [0.1, 0.15) is 5.52 Å². The molecule has 0 N–H and O–H groups in total. The van der Waals surface area contributed by atoms with Gasteiger partial charge in [0.05, 0.1) is 16.9 Å². The van der Waals surface area contributed by atoms with Crippen molar-refractivity contribution in [1.82, 2.24) is 15.0 Å². The zero-order chi connectivity index (χ0) is 24.5. The molecule has 1 aromatic heterocycles. The van der Waals surface area contributed by atoms with E-state index < -0.39 is 0 Å². The molecule has 6 rings (SSSR count). The number of benzene rings is 3. The number of nitrogens with zero attached hydrogens (tertiary/aromatic N) is 4. The number of para-hydroxylation sites is 1. The molecule has 3 aromatic carbocycles. The highest BCUT2D eigenvalue weighted by molar-refractivity contribution is 5.95. The minimum Gasteiger partial charge on any atom is -0.257 e. The van der Waals surface area contributed by atoms with Gasteiger partial charge in [0.15, 0.2) is 0 Å². The Hall–Kier alpha value is -4.31. The summed E-state index contributed by atoms with van der Waals surface area (Å²) in [5.74, 6) is 0.138. The molecule has 0 saturated carbocycles. The highest BCUT2D eigenvalue weighted by Crippen LogP contribution is 2.37. The quantitative estimate of drug-likeness (QED) is 0.281. The standard InChI is InChI=1S/C32H28N4/c1-22(24-18-20-26(21-19-24)25-10-4-3-5-11-25)33-23(2)28-14-8-12-27-13-9-17-31(32(27)28)36-30-16-7-6-15-29(30)34-35-36/h3-4,6-10,12-13,15-21,28H,1,5,11,14H2,2H3/b33-23+. The largest absolute Gasteiger partial charge is 0.257 e. The molecule has 1 atom stereocenters. The van der Waals surface area contributed by atoms with Crippen molar-refractivity contribution in [3.05, 3.63) is 120 Å². The van der Waals surface area contributed by atoms with Gasteiger partial charge in [0.2, 0.25) is 0 Å². The van der Waals surface area contributed by atoms with E-state index in [1.807, 2.05) is 22.9 Å². The van der Waals surface area contributed by atoms with Gasteiger partial charge in [-0.2, -0.15) is 0 Å². The first-order valence-corrected chi connectivity index (χ1v) is 12.5. The third-order valence-corrected chi connectivity index (χ3v) is 7.13. The lowest BCUT2D eigenvalue weighted by molar-refractivity contribution is 0.793. The molecule has 2 aliphatic carbocycles. The van der Waals surface area contributed by atoms with Crippen molar-refractivity contribution in [3.8, 4) is 5.69 Å². The summed E-state index contributed by atoms with van der Waals surface area (Å²) in [4.78, 5) is 5.01. The van der Waals surface area contributed by atoms with Crippen LogP contribution < -0.4 is 0 Å². The second-order valence-corrected chi connectivity index (χ2v) is 9.40. The van der Waals surface area contributed by atoms with Crippen LogP contribution in [-0.2, 0) is 0 Å². The minimum absolute atomic E-state index is 0.138. The first-order chi connectivity index (χ1) is 17.7. The molecule has 176 valence electrons. The fraction of sp³-hybridized carbons (Fsp3) is 0.156. The molecule has 4 nitrogen and oxygen atoms in total. The highest BCUT2D eigenvalue weighted by atomic mass is 15.4. The molecule has 0 aliphatic heterocycles. The summed E-state index contributed by atoms with van der Waals surface area (Å²) in [7, 11) is 0. The Kier molecular flexibility index (Phi) is 5.78. The zero-order valence-electron chi connectivity index (χ0n) is 20.4. The van der Waals surface area contributed by atoms with Crippen LogP contribution in [0, 0.1) is 0 Å². The van der Waals surface area contributed by atoms with Gasteiger partial charge in [-0.15, -0.1) is 5.10 Å². The van der Waals surface area contributed by atoms with Gasteiger partial charge in [-0.05, 0) is 72.2 Å². The van der Waals surface area contributed by atoms with E-state index in [0.29, 0.717) is 0 Å². The third kappa shape index (κ3) is 4.05. The van der Waals surface area contributed by atoms with E-state index in [0.717, 1.165) is 53.0 Å². The maximum absolute atomic E-state index is 5.01. The Morgan fingerprint density at radius 1 is 1.00 bits per heavy atom. The molecule has 4 heteroatoms. The van der Waals surface area contributed by atoms with E-state index in [-0.39, 0.29) is 5.92 Å². The lowest BCUT2D eigenvalue weighted by Crippen LogP contribution is -2.16. The first kappa shape index (κ1) is 22.2. The molecule has 0 bridgehead atoms. The maximum Gasteiger partial charge on any atom is 0.113 e. The van der Waals surface area contributed by atoms with Crippen LogP contribution in [0.4, 0.5) is 0 Å². The molecule has 1 unspecified atom stereocenters. The van der Waals surface area contributed by atoms with Crippen molar-refractivity contribution in [2.45, 2.75) is 32.1 Å². The summed E-state index contributed by atoms with van der Waals surface area (Å²) in [5, 5.41) is 8.88. The SMILES string of the molecule is C=C(/N=C(\C)C1CC=Cc2cccc(-n3nnc4ccccc43)c21)c1ccc(C2=CC=CCC2)cc1. The van der Waals surface area contributed by atoms with Crippen LogP contribution in [0.2, 0.25) is 0 Å². The van der Waals surface area contributed by atoms with Gasteiger partial charge in [-0.3, -0.25) is 4.99 Å².